The Balaban J connectivity index is 1.44. The molecule has 3 heterocycles. The summed E-state index contributed by atoms with van der Waals surface area (Å²) < 4.78 is 1.95. The Labute approximate surface area is 154 Å². The molecule has 0 saturated carbocycles. The Kier molecular flexibility index (Phi) is 4.26. The van der Waals surface area contributed by atoms with E-state index in [1.165, 1.54) is 6.33 Å². The number of hydrogen-bond donors (Lipinski definition) is 2. The van der Waals surface area contributed by atoms with Gasteiger partial charge in [-0.05, 0) is 26.0 Å². The number of carbonyl (C=O) groups excluding carboxylic acids is 1. The number of carbonyl (C=O) groups is 1. The first-order valence-corrected chi connectivity index (χ1v) is 9.15. The molecular formula is C18H18N6OS. The van der Waals surface area contributed by atoms with E-state index in [0.717, 1.165) is 27.1 Å². The SMILES string of the molecule is Cc1ccc2ncnc(N[C@H](C)C(=O)NCc3cn4ccsc4n3)c2c1. The molecule has 26 heavy (non-hydrogen) atoms. The maximum absolute atomic E-state index is 12.4. The van der Waals surface area contributed by atoms with Gasteiger partial charge in [0.05, 0.1) is 17.8 Å². The number of fused-ring (bicyclic) bond motifs is 2. The van der Waals surface area contributed by atoms with E-state index < -0.39 is 6.04 Å². The Morgan fingerprint density at radius 1 is 1.35 bits per heavy atom. The van der Waals surface area contributed by atoms with Gasteiger partial charge >= 0.3 is 0 Å². The summed E-state index contributed by atoms with van der Waals surface area (Å²) in [5.41, 5.74) is 2.80. The van der Waals surface area contributed by atoms with E-state index in [1.807, 2.05) is 54.2 Å². The Morgan fingerprint density at radius 2 is 2.23 bits per heavy atom. The predicted octanol–water partition coefficient (Wildman–Crippen LogP) is 2.76. The number of benzene rings is 1. The summed E-state index contributed by atoms with van der Waals surface area (Å²) in [5, 5.41) is 8.98. The lowest BCUT2D eigenvalue weighted by Crippen LogP contribution is -2.37. The molecule has 7 nitrogen and oxygen atoms in total. The van der Waals surface area contributed by atoms with Crippen molar-refractivity contribution in [2.24, 2.45) is 0 Å². The maximum atomic E-state index is 12.4. The highest BCUT2D eigenvalue weighted by atomic mass is 32.1. The van der Waals surface area contributed by atoms with Gasteiger partial charge in [0.25, 0.3) is 0 Å². The lowest BCUT2D eigenvalue weighted by atomic mass is 10.1. The Morgan fingerprint density at radius 3 is 3.08 bits per heavy atom. The number of thiazole rings is 1. The number of anilines is 1. The summed E-state index contributed by atoms with van der Waals surface area (Å²) >= 11 is 1.57. The fraction of sp³-hybridized carbons (Fsp3) is 0.222. The minimum atomic E-state index is -0.433. The van der Waals surface area contributed by atoms with Crippen molar-refractivity contribution in [3.63, 3.8) is 0 Å². The molecule has 0 aliphatic carbocycles. The number of aromatic nitrogens is 4. The second-order valence-electron chi connectivity index (χ2n) is 6.15. The lowest BCUT2D eigenvalue weighted by molar-refractivity contribution is -0.121. The zero-order valence-corrected chi connectivity index (χ0v) is 15.2. The van der Waals surface area contributed by atoms with Gasteiger partial charge in [0.1, 0.15) is 18.2 Å². The average molecular weight is 366 g/mol. The quantitative estimate of drug-likeness (QED) is 0.567. The summed E-state index contributed by atoms with van der Waals surface area (Å²) in [5.74, 6) is 0.546. The second-order valence-corrected chi connectivity index (χ2v) is 7.02. The first-order chi connectivity index (χ1) is 12.6. The molecular weight excluding hydrogens is 348 g/mol. The van der Waals surface area contributed by atoms with Gasteiger partial charge in [-0.2, -0.15) is 0 Å². The normalized spacial score (nSPS) is 12.4. The molecule has 3 aromatic heterocycles. The van der Waals surface area contributed by atoms with Crippen LogP contribution in [0.5, 0.6) is 0 Å². The standard InChI is InChI=1S/C18H18N6OS/c1-11-3-4-15-14(7-11)16(21-10-20-15)22-12(2)17(25)19-8-13-9-24-5-6-26-18(24)23-13/h3-7,9-10,12H,8H2,1-2H3,(H,19,25)(H,20,21,22)/t12-/m1/s1. The van der Waals surface area contributed by atoms with Gasteiger partial charge in [-0.15, -0.1) is 11.3 Å². The van der Waals surface area contributed by atoms with E-state index >= 15 is 0 Å². The van der Waals surface area contributed by atoms with Crippen LogP contribution in [0.15, 0.2) is 42.3 Å². The van der Waals surface area contributed by atoms with E-state index in [1.54, 1.807) is 11.3 Å². The Hall–Kier alpha value is -3.00. The molecule has 0 aliphatic rings. The molecule has 0 bridgehead atoms. The van der Waals surface area contributed by atoms with Crippen LogP contribution in [-0.4, -0.2) is 31.3 Å². The highest BCUT2D eigenvalue weighted by Crippen LogP contribution is 2.21. The molecule has 2 N–H and O–H groups in total. The summed E-state index contributed by atoms with van der Waals surface area (Å²) in [6.07, 6.45) is 5.37. The van der Waals surface area contributed by atoms with E-state index in [2.05, 4.69) is 25.6 Å². The number of imidazole rings is 1. The Bertz CT molecular complexity index is 1060. The van der Waals surface area contributed by atoms with Crippen molar-refractivity contribution in [3.05, 3.63) is 53.6 Å². The van der Waals surface area contributed by atoms with Crippen LogP contribution < -0.4 is 10.6 Å². The van der Waals surface area contributed by atoms with Crippen molar-refractivity contribution < 1.29 is 4.79 Å². The van der Waals surface area contributed by atoms with E-state index in [0.29, 0.717) is 12.4 Å². The monoisotopic (exact) mass is 366 g/mol. The predicted molar refractivity (Wildman–Crippen MR) is 102 cm³/mol. The fourth-order valence-corrected chi connectivity index (χ4v) is 3.47. The van der Waals surface area contributed by atoms with Crippen LogP contribution in [0.1, 0.15) is 18.2 Å². The molecule has 1 amide bonds. The lowest BCUT2D eigenvalue weighted by Gasteiger charge is -2.15. The molecule has 0 saturated heterocycles. The molecule has 8 heteroatoms. The molecule has 0 fully saturated rings. The summed E-state index contributed by atoms with van der Waals surface area (Å²) in [7, 11) is 0. The first-order valence-electron chi connectivity index (χ1n) is 8.27. The van der Waals surface area contributed by atoms with Crippen LogP contribution >= 0.6 is 11.3 Å². The number of nitrogens with zero attached hydrogens (tertiary/aromatic N) is 4. The van der Waals surface area contributed by atoms with Gasteiger partial charge in [0, 0.05) is 23.2 Å². The summed E-state index contributed by atoms with van der Waals surface area (Å²) in [6, 6.07) is 5.54. The van der Waals surface area contributed by atoms with Gasteiger partial charge in [-0.1, -0.05) is 11.6 Å². The number of aryl methyl sites for hydroxylation is 1. The van der Waals surface area contributed by atoms with Gasteiger partial charge in [0.2, 0.25) is 5.91 Å². The highest BCUT2D eigenvalue weighted by Gasteiger charge is 2.15. The van der Waals surface area contributed by atoms with Crippen LogP contribution in [0.2, 0.25) is 0 Å². The van der Waals surface area contributed by atoms with Gasteiger partial charge in [-0.25, -0.2) is 15.0 Å². The molecule has 0 radical (unpaired) electrons. The summed E-state index contributed by atoms with van der Waals surface area (Å²) in [4.78, 5) is 26.4. The van der Waals surface area contributed by atoms with E-state index in [9.17, 15) is 4.79 Å². The van der Waals surface area contributed by atoms with Crippen molar-refractivity contribution >= 4 is 38.9 Å². The number of rotatable bonds is 5. The largest absolute Gasteiger partial charge is 0.358 e. The van der Waals surface area contributed by atoms with Crippen LogP contribution in [0.25, 0.3) is 15.9 Å². The van der Waals surface area contributed by atoms with Crippen LogP contribution in [-0.2, 0) is 11.3 Å². The minimum absolute atomic E-state index is 0.110. The molecule has 0 aliphatic heterocycles. The van der Waals surface area contributed by atoms with Crippen molar-refractivity contribution in [3.8, 4) is 0 Å². The second kappa shape index (κ2) is 6.72. The van der Waals surface area contributed by atoms with Crippen molar-refractivity contribution in [1.82, 2.24) is 24.7 Å². The minimum Gasteiger partial charge on any atom is -0.358 e. The van der Waals surface area contributed by atoms with Gasteiger partial charge in [-0.3, -0.25) is 9.20 Å². The number of nitrogens with one attached hydrogen (secondary N) is 2. The first kappa shape index (κ1) is 16.5. The third kappa shape index (κ3) is 3.23. The van der Waals surface area contributed by atoms with Crippen LogP contribution in [0.3, 0.4) is 0 Å². The van der Waals surface area contributed by atoms with E-state index in [4.69, 9.17) is 0 Å². The van der Waals surface area contributed by atoms with Gasteiger partial charge < -0.3 is 10.6 Å². The zero-order chi connectivity index (χ0) is 18.1. The van der Waals surface area contributed by atoms with Crippen LogP contribution in [0, 0.1) is 6.92 Å². The molecule has 0 spiro atoms. The smallest absolute Gasteiger partial charge is 0.242 e. The number of amides is 1. The highest BCUT2D eigenvalue weighted by molar-refractivity contribution is 7.15. The fourth-order valence-electron chi connectivity index (χ4n) is 2.75. The van der Waals surface area contributed by atoms with Crippen LogP contribution in [0.4, 0.5) is 5.82 Å². The molecule has 1 aromatic carbocycles. The number of hydrogen-bond acceptors (Lipinski definition) is 6. The topological polar surface area (TPSA) is 84.2 Å². The van der Waals surface area contributed by atoms with Crippen molar-refractivity contribution in [2.45, 2.75) is 26.4 Å². The maximum Gasteiger partial charge on any atom is 0.242 e. The molecule has 1 atom stereocenters. The molecule has 132 valence electrons. The molecule has 4 aromatic rings. The molecule has 0 unspecified atom stereocenters. The average Bonchev–Trinajstić information content (AvgIpc) is 3.21. The molecule has 4 rings (SSSR count). The van der Waals surface area contributed by atoms with Crippen molar-refractivity contribution in [2.75, 3.05) is 5.32 Å². The van der Waals surface area contributed by atoms with Crippen molar-refractivity contribution in [1.29, 1.82) is 0 Å². The zero-order valence-electron chi connectivity index (χ0n) is 14.4. The van der Waals surface area contributed by atoms with E-state index in [-0.39, 0.29) is 5.91 Å². The van der Waals surface area contributed by atoms with Gasteiger partial charge in [0.15, 0.2) is 4.96 Å². The third-order valence-corrected chi connectivity index (χ3v) is 4.89. The summed E-state index contributed by atoms with van der Waals surface area (Å²) in [6.45, 7) is 4.22. The third-order valence-electron chi connectivity index (χ3n) is 4.12.